The highest BCUT2D eigenvalue weighted by Gasteiger charge is 2.21. The minimum Gasteiger partial charge on any atom is -0.399 e. The summed E-state index contributed by atoms with van der Waals surface area (Å²) in [6.45, 7) is 3.57. The molecule has 1 aromatic carbocycles. The lowest BCUT2D eigenvalue weighted by Gasteiger charge is -2.33. The fourth-order valence-corrected chi connectivity index (χ4v) is 2.65. The lowest BCUT2D eigenvalue weighted by Crippen LogP contribution is -2.44. The highest BCUT2D eigenvalue weighted by Crippen LogP contribution is 2.29. The zero-order valence-electron chi connectivity index (χ0n) is 13.5. The molecule has 0 spiro atoms. The lowest BCUT2D eigenvalue weighted by molar-refractivity contribution is -0.384. The van der Waals surface area contributed by atoms with Crippen LogP contribution in [0.2, 0.25) is 0 Å². The number of aromatic nitrogens is 1. The van der Waals surface area contributed by atoms with Crippen LogP contribution in [0.4, 0.5) is 28.7 Å². The number of anilines is 4. The number of nitrogens with one attached hydrogen (secondary N) is 1. The summed E-state index contributed by atoms with van der Waals surface area (Å²) in [6, 6.07) is 10.3. The Morgan fingerprint density at radius 1 is 1.21 bits per heavy atom. The highest BCUT2D eigenvalue weighted by molar-refractivity contribution is 5.69. The number of likely N-dealkylation sites (N-methyl/N-ethyl adjacent to an activating group) is 1. The van der Waals surface area contributed by atoms with Gasteiger partial charge in [0.15, 0.2) is 0 Å². The van der Waals surface area contributed by atoms with Crippen molar-refractivity contribution in [3.63, 3.8) is 0 Å². The van der Waals surface area contributed by atoms with Gasteiger partial charge < -0.3 is 20.9 Å². The van der Waals surface area contributed by atoms with Crippen LogP contribution in [-0.4, -0.2) is 48.0 Å². The Labute approximate surface area is 140 Å². The fraction of sp³-hybridized carbons (Fsp3) is 0.312. The molecule has 0 bridgehead atoms. The number of nitrogens with zero attached hydrogens (tertiary/aromatic N) is 4. The summed E-state index contributed by atoms with van der Waals surface area (Å²) in [5.41, 5.74) is 6.95. The van der Waals surface area contributed by atoms with Gasteiger partial charge in [-0.05, 0) is 31.3 Å². The van der Waals surface area contributed by atoms with Crippen LogP contribution in [0.15, 0.2) is 36.4 Å². The standard InChI is InChI=1S/C16H20N6O2/c1-20-7-9-21(10-8-20)15-6-5-14(22(23)24)16(19-15)18-13-4-2-3-12(17)11-13/h2-6,11H,7-10,17H2,1H3,(H,18,19). The lowest BCUT2D eigenvalue weighted by atomic mass is 10.2. The van der Waals surface area contributed by atoms with Crippen LogP contribution < -0.4 is 16.0 Å². The number of piperazine rings is 1. The maximum atomic E-state index is 11.3. The van der Waals surface area contributed by atoms with Crippen molar-refractivity contribution in [1.82, 2.24) is 9.88 Å². The Morgan fingerprint density at radius 3 is 2.62 bits per heavy atom. The molecule has 126 valence electrons. The third-order valence-electron chi connectivity index (χ3n) is 4.03. The molecule has 0 radical (unpaired) electrons. The number of pyridine rings is 1. The summed E-state index contributed by atoms with van der Waals surface area (Å²) in [5, 5.41) is 14.3. The molecule has 2 heterocycles. The molecule has 1 saturated heterocycles. The normalized spacial score (nSPS) is 15.3. The zero-order valence-corrected chi connectivity index (χ0v) is 13.5. The summed E-state index contributed by atoms with van der Waals surface area (Å²) in [7, 11) is 2.08. The average molecular weight is 328 g/mol. The first kappa shape index (κ1) is 16.0. The van der Waals surface area contributed by atoms with E-state index >= 15 is 0 Å². The SMILES string of the molecule is CN1CCN(c2ccc([N+](=O)[O-])c(Nc3cccc(N)c3)n2)CC1. The van der Waals surface area contributed by atoms with Crippen molar-refractivity contribution < 1.29 is 4.92 Å². The van der Waals surface area contributed by atoms with Crippen molar-refractivity contribution in [3.05, 3.63) is 46.5 Å². The predicted octanol–water partition coefficient (Wildman–Crippen LogP) is 2.07. The van der Waals surface area contributed by atoms with Gasteiger partial charge >= 0.3 is 5.69 Å². The van der Waals surface area contributed by atoms with Gasteiger partial charge in [0.1, 0.15) is 5.82 Å². The minimum absolute atomic E-state index is 0.0599. The molecule has 2 aromatic rings. The van der Waals surface area contributed by atoms with Crippen LogP contribution >= 0.6 is 0 Å². The van der Waals surface area contributed by atoms with Crippen LogP contribution in [0, 0.1) is 10.1 Å². The second kappa shape index (κ2) is 6.71. The van der Waals surface area contributed by atoms with Crippen molar-refractivity contribution in [3.8, 4) is 0 Å². The second-order valence-corrected chi connectivity index (χ2v) is 5.84. The summed E-state index contributed by atoms with van der Waals surface area (Å²) in [6.07, 6.45) is 0. The summed E-state index contributed by atoms with van der Waals surface area (Å²) < 4.78 is 0. The van der Waals surface area contributed by atoms with E-state index in [1.165, 1.54) is 6.07 Å². The smallest absolute Gasteiger partial charge is 0.311 e. The van der Waals surface area contributed by atoms with Gasteiger partial charge in [-0.25, -0.2) is 4.98 Å². The molecule has 8 heteroatoms. The monoisotopic (exact) mass is 328 g/mol. The largest absolute Gasteiger partial charge is 0.399 e. The van der Waals surface area contributed by atoms with Crippen molar-refractivity contribution >= 4 is 28.7 Å². The summed E-state index contributed by atoms with van der Waals surface area (Å²) in [5.74, 6) is 0.960. The maximum Gasteiger partial charge on any atom is 0.311 e. The zero-order chi connectivity index (χ0) is 17.1. The third-order valence-corrected chi connectivity index (χ3v) is 4.03. The molecule has 1 aliphatic heterocycles. The van der Waals surface area contributed by atoms with Crippen molar-refractivity contribution in [2.45, 2.75) is 0 Å². The quantitative estimate of drug-likeness (QED) is 0.503. The molecule has 0 saturated carbocycles. The number of benzene rings is 1. The van der Waals surface area contributed by atoms with E-state index in [4.69, 9.17) is 5.73 Å². The molecule has 3 N–H and O–H groups in total. The number of nitrogen functional groups attached to an aromatic ring is 1. The first-order valence-electron chi connectivity index (χ1n) is 7.74. The fourth-order valence-electron chi connectivity index (χ4n) is 2.65. The molecule has 24 heavy (non-hydrogen) atoms. The second-order valence-electron chi connectivity index (χ2n) is 5.84. The third kappa shape index (κ3) is 3.54. The number of nitro groups is 1. The van der Waals surface area contributed by atoms with Crippen LogP contribution in [0.25, 0.3) is 0 Å². The van der Waals surface area contributed by atoms with Crippen LogP contribution in [0.5, 0.6) is 0 Å². The Kier molecular flexibility index (Phi) is 4.48. The number of hydrogen-bond donors (Lipinski definition) is 2. The van der Waals surface area contributed by atoms with Gasteiger partial charge in [0, 0.05) is 43.6 Å². The molecule has 1 aliphatic rings. The van der Waals surface area contributed by atoms with E-state index in [1.54, 1.807) is 30.3 Å². The summed E-state index contributed by atoms with van der Waals surface area (Å²) in [4.78, 5) is 19.7. The molecule has 0 unspecified atom stereocenters. The van der Waals surface area contributed by atoms with Crippen LogP contribution in [0.3, 0.4) is 0 Å². The molecule has 8 nitrogen and oxygen atoms in total. The van der Waals surface area contributed by atoms with Crippen LogP contribution in [0.1, 0.15) is 0 Å². The van der Waals surface area contributed by atoms with Gasteiger partial charge in [0.25, 0.3) is 0 Å². The van der Waals surface area contributed by atoms with Crippen molar-refractivity contribution in [2.75, 3.05) is 49.2 Å². The maximum absolute atomic E-state index is 11.3. The van der Waals surface area contributed by atoms with E-state index in [2.05, 4.69) is 27.1 Å². The van der Waals surface area contributed by atoms with E-state index in [0.717, 1.165) is 32.0 Å². The Balaban J connectivity index is 1.90. The molecule has 3 rings (SSSR count). The molecule has 1 fully saturated rings. The Morgan fingerprint density at radius 2 is 1.96 bits per heavy atom. The van der Waals surface area contributed by atoms with Gasteiger partial charge in [0.2, 0.25) is 5.82 Å². The van der Waals surface area contributed by atoms with Gasteiger partial charge in [0.05, 0.1) is 4.92 Å². The number of nitrogens with two attached hydrogens (primary N) is 1. The first-order valence-corrected chi connectivity index (χ1v) is 7.74. The minimum atomic E-state index is -0.435. The molecular weight excluding hydrogens is 308 g/mol. The molecular formula is C16H20N6O2. The van der Waals surface area contributed by atoms with E-state index in [9.17, 15) is 10.1 Å². The first-order chi connectivity index (χ1) is 11.5. The van der Waals surface area contributed by atoms with Gasteiger partial charge in [-0.2, -0.15) is 0 Å². The topological polar surface area (TPSA) is 101 Å². The van der Waals surface area contributed by atoms with Crippen molar-refractivity contribution in [2.24, 2.45) is 0 Å². The van der Waals surface area contributed by atoms with Crippen LogP contribution in [-0.2, 0) is 0 Å². The Hall–Kier alpha value is -2.87. The number of hydrogen-bond acceptors (Lipinski definition) is 7. The van der Waals surface area contributed by atoms with Gasteiger partial charge in [-0.15, -0.1) is 0 Å². The summed E-state index contributed by atoms with van der Waals surface area (Å²) >= 11 is 0. The number of rotatable bonds is 4. The molecule has 0 aliphatic carbocycles. The molecule has 0 atom stereocenters. The molecule has 1 aromatic heterocycles. The van der Waals surface area contributed by atoms with E-state index in [-0.39, 0.29) is 11.5 Å². The van der Waals surface area contributed by atoms with E-state index in [1.807, 2.05) is 0 Å². The van der Waals surface area contributed by atoms with Crippen molar-refractivity contribution in [1.29, 1.82) is 0 Å². The Bertz CT molecular complexity index is 743. The van der Waals surface area contributed by atoms with Gasteiger partial charge in [-0.3, -0.25) is 10.1 Å². The van der Waals surface area contributed by atoms with E-state index in [0.29, 0.717) is 11.4 Å². The average Bonchev–Trinajstić information content (AvgIpc) is 2.55. The predicted molar refractivity (Wildman–Crippen MR) is 94.7 cm³/mol. The van der Waals surface area contributed by atoms with Gasteiger partial charge in [-0.1, -0.05) is 6.07 Å². The molecule has 0 amide bonds. The highest BCUT2D eigenvalue weighted by atomic mass is 16.6. The van der Waals surface area contributed by atoms with E-state index < -0.39 is 4.92 Å².